The van der Waals surface area contributed by atoms with Crippen LogP contribution in [0.5, 0.6) is 0 Å². The Morgan fingerprint density at radius 3 is 2.53 bits per heavy atom. The summed E-state index contributed by atoms with van der Waals surface area (Å²) < 4.78 is 0. The van der Waals surface area contributed by atoms with Crippen molar-refractivity contribution >= 4 is 11.6 Å². The van der Waals surface area contributed by atoms with E-state index in [9.17, 15) is 4.79 Å². The van der Waals surface area contributed by atoms with Crippen molar-refractivity contribution in [1.29, 1.82) is 0 Å². The second kappa shape index (κ2) is 4.45. The van der Waals surface area contributed by atoms with Crippen LogP contribution in [-0.2, 0) is 4.79 Å². The predicted octanol–water partition coefficient (Wildman–Crippen LogP) is 1.93. The summed E-state index contributed by atoms with van der Waals surface area (Å²) in [5.74, 6) is -0.0319. The number of likely N-dealkylation sites (N-methyl/N-ethyl adjacent to an activating group) is 1. The Bertz CT molecular complexity index is 358. The average molecular weight is 206 g/mol. The van der Waals surface area contributed by atoms with Crippen LogP contribution in [0.15, 0.2) is 24.3 Å². The van der Waals surface area contributed by atoms with Crippen LogP contribution >= 0.6 is 0 Å². The maximum Gasteiger partial charge on any atom is 0.244 e. The number of hydrogen-bond donors (Lipinski definition) is 2. The quantitative estimate of drug-likeness (QED) is 0.793. The van der Waals surface area contributed by atoms with Crippen molar-refractivity contribution < 1.29 is 4.79 Å². The summed E-state index contributed by atoms with van der Waals surface area (Å²) in [5.41, 5.74) is 1.42. The number of amides is 1. The monoisotopic (exact) mass is 206 g/mol. The van der Waals surface area contributed by atoms with E-state index in [-0.39, 0.29) is 5.91 Å². The molecule has 2 N–H and O–H groups in total. The fourth-order valence-electron chi connectivity index (χ4n) is 1.12. The lowest BCUT2D eigenvalue weighted by Crippen LogP contribution is -2.47. The van der Waals surface area contributed by atoms with Crippen molar-refractivity contribution in [2.24, 2.45) is 0 Å². The van der Waals surface area contributed by atoms with E-state index in [0.717, 1.165) is 11.3 Å². The van der Waals surface area contributed by atoms with E-state index in [1.807, 2.05) is 45.0 Å². The van der Waals surface area contributed by atoms with E-state index in [1.54, 1.807) is 7.05 Å². The summed E-state index contributed by atoms with van der Waals surface area (Å²) in [6.45, 7) is 5.69. The molecule has 1 amide bonds. The van der Waals surface area contributed by atoms with Gasteiger partial charge in [0, 0.05) is 5.69 Å². The van der Waals surface area contributed by atoms with E-state index in [1.165, 1.54) is 0 Å². The Kier molecular flexibility index (Phi) is 3.48. The molecule has 15 heavy (non-hydrogen) atoms. The fourth-order valence-corrected chi connectivity index (χ4v) is 1.12. The number of rotatable bonds is 3. The second-order valence-electron chi connectivity index (χ2n) is 4.20. The smallest absolute Gasteiger partial charge is 0.244 e. The van der Waals surface area contributed by atoms with Crippen molar-refractivity contribution in [3.05, 3.63) is 29.8 Å². The highest BCUT2D eigenvalue weighted by molar-refractivity contribution is 5.97. The van der Waals surface area contributed by atoms with E-state index in [0.29, 0.717) is 0 Å². The van der Waals surface area contributed by atoms with Gasteiger partial charge in [0.15, 0.2) is 0 Å². The second-order valence-corrected chi connectivity index (χ2v) is 4.20. The molecule has 0 aliphatic carbocycles. The third-order valence-corrected chi connectivity index (χ3v) is 2.47. The van der Waals surface area contributed by atoms with Gasteiger partial charge in [-0.2, -0.15) is 0 Å². The molecule has 1 aromatic carbocycles. The minimum absolute atomic E-state index is 0.0319. The van der Waals surface area contributed by atoms with Gasteiger partial charge in [-0.15, -0.1) is 0 Å². The molecule has 3 nitrogen and oxygen atoms in total. The Morgan fingerprint density at radius 1 is 1.33 bits per heavy atom. The van der Waals surface area contributed by atoms with Crippen LogP contribution in [0.3, 0.4) is 0 Å². The molecule has 0 unspecified atom stereocenters. The fraction of sp³-hybridized carbons (Fsp3) is 0.417. The molecule has 0 spiro atoms. The van der Waals surface area contributed by atoms with Gasteiger partial charge in [-0.1, -0.05) is 12.1 Å². The van der Waals surface area contributed by atoms with E-state index >= 15 is 0 Å². The molecule has 1 aromatic rings. The molecule has 0 aliphatic heterocycles. The van der Waals surface area contributed by atoms with Gasteiger partial charge < -0.3 is 10.6 Å². The van der Waals surface area contributed by atoms with Gasteiger partial charge in [-0.25, -0.2) is 0 Å². The maximum absolute atomic E-state index is 11.8. The van der Waals surface area contributed by atoms with E-state index in [4.69, 9.17) is 0 Å². The van der Waals surface area contributed by atoms with E-state index < -0.39 is 5.54 Å². The van der Waals surface area contributed by atoms with Crippen molar-refractivity contribution in [2.45, 2.75) is 26.3 Å². The Hall–Kier alpha value is -1.35. The summed E-state index contributed by atoms with van der Waals surface area (Å²) >= 11 is 0. The molecule has 0 radical (unpaired) electrons. The molecule has 0 bridgehead atoms. The van der Waals surface area contributed by atoms with Crippen LogP contribution in [0.25, 0.3) is 0 Å². The Balaban J connectivity index is 2.75. The first-order chi connectivity index (χ1) is 6.95. The number of nitrogens with one attached hydrogen (secondary N) is 2. The average Bonchev–Trinajstić information content (AvgIpc) is 2.17. The zero-order valence-electron chi connectivity index (χ0n) is 9.72. The van der Waals surface area contributed by atoms with Crippen molar-refractivity contribution in [3.63, 3.8) is 0 Å². The SMILES string of the molecule is CNC(C)(C)C(=O)Nc1cccc(C)c1. The number of hydrogen-bond acceptors (Lipinski definition) is 2. The highest BCUT2D eigenvalue weighted by Gasteiger charge is 2.24. The molecule has 3 heteroatoms. The van der Waals surface area contributed by atoms with Crippen LogP contribution in [0.4, 0.5) is 5.69 Å². The van der Waals surface area contributed by atoms with Gasteiger partial charge in [-0.05, 0) is 45.5 Å². The minimum Gasteiger partial charge on any atom is -0.324 e. The molecule has 1 rings (SSSR count). The lowest BCUT2D eigenvalue weighted by Gasteiger charge is -2.22. The molecule has 0 saturated heterocycles. The normalized spacial score (nSPS) is 11.2. The van der Waals surface area contributed by atoms with Crippen molar-refractivity contribution in [3.8, 4) is 0 Å². The number of carbonyl (C=O) groups is 1. The Morgan fingerprint density at radius 2 is 2.00 bits per heavy atom. The highest BCUT2D eigenvalue weighted by atomic mass is 16.2. The topological polar surface area (TPSA) is 41.1 Å². The first-order valence-corrected chi connectivity index (χ1v) is 5.03. The summed E-state index contributed by atoms with van der Waals surface area (Å²) in [7, 11) is 1.77. The summed E-state index contributed by atoms with van der Waals surface area (Å²) in [6.07, 6.45) is 0. The van der Waals surface area contributed by atoms with E-state index in [2.05, 4.69) is 10.6 Å². The summed E-state index contributed by atoms with van der Waals surface area (Å²) in [4.78, 5) is 11.8. The zero-order chi connectivity index (χ0) is 11.5. The predicted molar refractivity (Wildman–Crippen MR) is 62.9 cm³/mol. The molecule has 0 saturated carbocycles. The number of benzene rings is 1. The Labute approximate surface area is 90.9 Å². The first-order valence-electron chi connectivity index (χ1n) is 5.03. The lowest BCUT2D eigenvalue weighted by atomic mass is 10.0. The molecule has 0 atom stereocenters. The van der Waals surface area contributed by atoms with Crippen LogP contribution in [0.1, 0.15) is 19.4 Å². The van der Waals surface area contributed by atoms with Gasteiger partial charge in [0.2, 0.25) is 5.91 Å². The number of anilines is 1. The molecule has 82 valence electrons. The summed E-state index contributed by atoms with van der Waals surface area (Å²) in [5, 5.41) is 5.84. The first kappa shape index (κ1) is 11.7. The molecular formula is C12H18N2O. The minimum atomic E-state index is -0.552. The van der Waals surface area contributed by atoms with Gasteiger partial charge >= 0.3 is 0 Å². The van der Waals surface area contributed by atoms with Gasteiger partial charge in [0.1, 0.15) is 0 Å². The highest BCUT2D eigenvalue weighted by Crippen LogP contribution is 2.12. The van der Waals surface area contributed by atoms with Crippen LogP contribution in [0.2, 0.25) is 0 Å². The van der Waals surface area contributed by atoms with Gasteiger partial charge in [-0.3, -0.25) is 4.79 Å². The molecule has 0 fully saturated rings. The largest absolute Gasteiger partial charge is 0.324 e. The standard InChI is InChI=1S/C12H18N2O/c1-9-6-5-7-10(8-9)14-11(15)12(2,3)13-4/h5-8,13H,1-4H3,(H,14,15). The number of carbonyl (C=O) groups excluding carboxylic acids is 1. The van der Waals surface area contributed by atoms with Crippen LogP contribution in [0, 0.1) is 6.92 Å². The zero-order valence-corrected chi connectivity index (χ0v) is 9.72. The lowest BCUT2D eigenvalue weighted by molar-refractivity contribution is -0.121. The van der Waals surface area contributed by atoms with Gasteiger partial charge in [0.25, 0.3) is 0 Å². The number of aryl methyl sites for hydroxylation is 1. The molecule has 0 aromatic heterocycles. The van der Waals surface area contributed by atoms with Crippen molar-refractivity contribution in [2.75, 3.05) is 12.4 Å². The van der Waals surface area contributed by atoms with Crippen molar-refractivity contribution in [1.82, 2.24) is 5.32 Å². The van der Waals surface area contributed by atoms with Crippen LogP contribution in [-0.4, -0.2) is 18.5 Å². The maximum atomic E-state index is 11.8. The van der Waals surface area contributed by atoms with Gasteiger partial charge in [0.05, 0.1) is 5.54 Å². The third kappa shape index (κ3) is 3.06. The molecule has 0 heterocycles. The molecular weight excluding hydrogens is 188 g/mol. The molecule has 0 aliphatic rings. The third-order valence-electron chi connectivity index (χ3n) is 2.47. The van der Waals surface area contributed by atoms with Crippen LogP contribution < -0.4 is 10.6 Å². The summed E-state index contributed by atoms with van der Waals surface area (Å²) in [6, 6.07) is 7.76.